The van der Waals surface area contributed by atoms with E-state index < -0.39 is 11.9 Å². The van der Waals surface area contributed by atoms with Crippen LogP contribution in [0.25, 0.3) is 0 Å². The smallest absolute Gasteiger partial charge is 0.323 e. The van der Waals surface area contributed by atoms with Gasteiger partial charge in [0.1, 0.15) is 5.69 Å². The Balaban J connectivity index is 2.19. The van der Waals surface area contributed by atoms with Crippen molar-refractivity contribution < 1.29 is 9.59 Å². The van der Waals surface area contributed by atoms with E-state index in [0.717, 1.165) is 0 Å². The molecule has 8 heteroatoms. The van der Waals surface area contributed by atoms with Crippen molar-refractivity contribution in [2.75, 3.05) is 10.6 Å². The van der Waals surface area contributed by atoms with Gasteiger partial charge in [-0.1, -0.05) is 11.6 Å². The largest absolute Gasteiger partial charge is 0.364 e. The Kier molecular flexibility index (Phi) is 4.67. The molecule has 0 spiro atoms. The van der Waals surface area contributed by atoms with Crippen LogP contribution < -0.4 is 16.4 Å². The summed E-state index contributed by atoms with van der Waals surface area (Å²) in [6.45, 7) is 3.99. The van der Waals surface area contributed by atoms with Crippen LogP contribution in [0.4, 0.5) is 16.2 Å². The predicted molar refractivity (Wildman–Crippen MR) is 85.2 cm³/mol. The molecule has 0 radical (unpaired) electrons. The maximum Gasteiger partial charge on any atom is 0.323 e. The molecule has 1 heterocycles. The Morgan fingerprint density at radius 1 is 1.27 bits per heavy atom. The zero-order valence-corrected chi connectivity index (χ0v) is 12.9. The van der Waals surface area contributed by atoms with Gasteiger partial charge < -0.3 is 16.4 Å². The van der Waals surface area contributed by atoms with Gasteiger partial charge in [-0.3, -0.25) is 9.48 Å². The molecule has 0 saturated heterocycles. The zero-order chi connectivity index (χ0) is 16.3. The van der Waals surface area contributed by atoms with Crippen molar-refractivity contribution in [2.24, 2.45) is 5.73 Å². The van der Waals surface area contributed by atoms with Crippen LogP contribution >= 0.6 is 11.6 Å². The van der Waals surface area contributed by atoms with Crippen LogP contribution in [0, 0.1) is 6.92 Å². The minimum atomic E-state index is -0.649. The first-order valence-corrected chi connectivity index (χ1v) is 7.01. The molecule has 3 amide bonds. The van der Waals surface area contributed by atoms with Gasteiger partial charge in [0.15, 0.2) is 0 Å². The number of carbonyl (C=O) groups excluding carboxylic acids is 2. The monoisotopic (exact) mass is 321 g/mol. The highest BCUT2D eigenvalue weighted by molar-refractivity contribution is 6.30. The van der Waals surface area contributed by atoms with Crippen LogP contribution in [0.1, 0.15) is 23.1 Å². The number of amides is 3. The van der Waals surface area contributed by atoms with E-state index in [1.165, 1.54) is 4.68 Å². The van der Waals surface area contributed by atoms with E-state index >= 15 is 0 Å². The van der Waals surface area contributed by atoms with Gasteiger partial charge in [0, 0.05) is 17.3 Å². The first-order valence-electron chi connectivity index (χ1n) is 6.63. The Morgan fingerprint density at radius 3 is 2.45 bits per heavy atom. The molecular formula is C14H16ClN5O2. The van der Waals surface area contributed by atoms with Crippen LogP contribution in [0.3, 0.4) is 0 Å². The average Bonchev–Trinajstić information content (AvgIpc) is 2.78. The third kappa shape index (κ3) is 3.37. The number of aromatic nitrogens is 2. The second kappa shape index (κ2) is 6.48. The van der Waals surface area contributed by atoms with Gasteiger partial charge in [0.2, 0.25) is 0 Å². The van der Waals surface area contributed by atoms with Crippen molar-refractivity contribution >= 4 is 34.9 Å². The first kappa shape index (κ1) is 15.8. The first-order chi connectivity index (χ1) is 10.4. The quantitative estimate of drug-likeness (QED) is 0.806. The molecule has 1 aromatic heterocycles. The van der Waals surface area contributed by atoms with Crippen molar-refractivity contribution in [2.45, 2.75) is 20.4 Å². The number of hydrogen-bond acceptors (Lipinski definition) is 3. The zero-order valence-electron chi connectivity index (χ0n) is 12.2. The third-order valence-electron chi connectivity index (χ3n) is 3.00. The summed E-state index contributed by atoms with van der Waals surface area (Å²) in [5.41, 5.74) is 6.93. The number of aryl methyl sites for hydroxylation is 2. The van der Waals surface area contributed by atoms with E-state index in [1.54, 1.807) is 31.2 Å². The molecule has 1 aromatic carbocycles. The fraction of sp³-hybridized carbons (Fsp3) is 0.214. The minimum absolute atomic E-state index is 0.172. The summed E-state index contributed by atoms with van der Waals surface area (Å²) < 4.78 is 1.45. The summed E-state index contributed by atoms with van der Waals surface area (Å²) in [6, 6.07) is 6.15. The number of anilines is 2. The normalized spacial score (nSPS) is 10.3. The van der Waals surface area contributed by atoms with E-state index in [4.69, 9.17) is 17.3 Å². The highest BCUT2D eigenvalue weighted by Crippen LogP contribution is 2.21. The standard InChI is InChI=1S/C14H16ClN5O2/c1-3-20-12(13(16)21)11(8(2)19-20)18-14(22)17-10-6-4-9(15)5-7-10/h4-7H,3H2,1-2H3,(H2,16,21)(H2,17,18,22). The molecule has 4 N–H and O–H groups in total. The second-order valence-corrected chi connectivity index (χ2v) is 5.01. The molecule has 2 rings (SSSR count). The summed E-state index contributed by atoms with van der Waals surface area (Å²) in [5.74, 6) is -0.649. The Hall–Kier alpha value is -2.54. The van der Waals surface area contributed by atoms with E-state index in [0.29, 0.717) is 28.6 Å². The van der Waals surface area contributed by atoms with Gasteiger partial charge in [0.05, 0.1) is 11.4 Å². The van der Waals surface area contributed by atoms with E-state index in [2.05, 4.69) is 15.7 Å². The van der Waals surface area contributed by atoms with Crippen LogP contribution in [0.5, 0.6) is 0 Å². The SMILES string of the molecule is CCn1nc(C)c(NC(=O)Nc2ccc(Cl)cc2)c1C(N)=O. The Bertz CT molecular complexity index is 709. The van der Waals surface area contributed by atoms with Gasteiger partial charge >= 0.3 is 6.03 Å². The number of nitrogens with one attached hydrogen (secondary N) is 2. The van der Waals surface area contributed by atoms with Crippen molar-refractivity contribution in [1.82, 2.24) is 9.78 Å². The third-order valence-corrected chi connectivity index (χ3v) is 3.25. The van der Waals surface area contributed by atoms with Gasteiger partial charge in [-0.25, -0.2) is 4.79 Å². The second-order valence-electron chi connectivity index (χ2n) is 4.58. The van der Waals surface area contributed by atoms with Gasteiger partial charge in [-0.05, 0) is 38.1 Å². The number of nitrogens with zero attached hydrogens (tertiary/aromatic N) is 2. The molecular weight excluding hydrogens is 306 g/mol. The Morgan fingerprint density at radius 2 is 1.91 bits per heavy atom. The molecule has 116 valence electrons. The molecule has 7 nitrogen and oxygen atoms in total. The molecule has 0 unspecified atom stereocenters. The van der Waals surface area contributed by atoms with Crippen molar-refractivity contribution in [1.29, 1.82) is 0 Å². The average molecular weight is 322 g/mol. The highest BCUT2D eigenvalue weighted by Gasteiger charge is 2.20. The number of rotatable bonds is 4. The molecule has 0 atom stereocenters. The van der Waals surface area contributed by atoms with Crippen molar-refractivity contribution in [3.05, 3.63) is 40.7 Å². The van der Waals surface area contributed by atoms with Crippen molar-refractivity contribution in [3.63, 3.8) is 0 Å². The molecule has 0 aliphatic rings. The maximum absolute atomic E-state index is 12.0. The van der Waals surface area contributed by atoms with E-state index in [1.807, 2.05) is 6.92 Å². The highest BCUT2D eigenvalue weighted by atomic mass is 35.5. The number of urea groups is 1. The minimum Gasteiger partial charge on any atom is -0.364 e. The van der Waals surface area contributed by atoms with Crippen LogP contribution in [0.15, 0.2) is 24.3 Å². The number of benzene rings is 1. The fourth-order valence-electron chi connectivity index (χ4n) is 2.02. The number of hydrogen-bond donors (Lipinski definition) is 3. The molecule has 0 aliphatic heterocycles. The Labute approximate surface area is 132 Å². The summed E-state index contributed by atoms with van der Waals surface area (Å²) in [7, 11) is 0. The molecule has 2 aromatic rings. The number of halogens is 1. The molecule has 22 heavy (non-hydrogen) atoms. The lowest BCUT2D eigenvalue weighted by molar-refractivity contribution is 0.0991. The lowest BCUT2D eigenvalue weighted by Crippen LogP contribution is -2.24. The predicted octanol–water partition coefficient (Wildman–Crippen LogP) is 2.61. The molecule has 0 aliphatic carbocycles. The summed E-state index contributed by atoms with van der Waals surface area (Å²) in [5, 5.41) is 10.0. The fourth-order valence-corrected chi connectivity index (χ4v) is 2.15. The van der Waals surface area contributed by atoms with Gasteiger partial charge in [0.25, 0.3) is 5.91 Å². The van der Waals surface area contributed by atoms with Gasteiger partial charge in [-0.15, -0.1) is 0 Å². The summed E-state index contributed by atoms with van der Waals surface area (Å²) in [4.78, 5) is 23.6. The molecule has 0 fully saturated rings. The molecule has 0 saturated carbocycles. The summed E-state index contributed by atoms with van der Waals surface area (Å²) >= 11 is 5.78. The maximum atomic E-state index is 12.0. The number of primary amides is 1. The van der Waals surface area contributed by atoms with E-state index in [9.17, 15) is 9.59 Å². The lowest BCUT2D eigenvalue weighted by atomic mass is 10.3. The van der Waals surface area contributed by atoms with Crippen molar-refractivity contribution in [3.8, 4) is 0 Å². The number of nitrogens with two attached hydrogens (primary N) is 1. The lowest BCUT2D eigenvalue weighted by Gasteiger charge is -2.09. The van der Waals surface area contributed by atoms with Crippen LogP contribution in [-0.4, -0.2) is 21.7 Å². The summed E-state index contributed by atoms with van der Waals surface area (Å²) in [6.07, 6.45) is 0. The van der Waals surface area contributed by atoms with Crippen LogP contribution in [0.2, 0.25) is 5.02 Å². The molecule has 0 bridgehead atoms. The number of carbonyl (C=O) groups is 2. The topological polar surface area (TPSA) is 102 Å². The van der Waals surface area contributed by atoms with Crippen LogP contribution in [-0.2, 0) is 6.54 Å². The van der Waals surface area contributed by atoms with Gasteiger partial charge in [-0.2, -0.15) is 5.10 Å². The van der Waals surface area contributed by atoms with E-state index in [-0.39, 0.29) is 5.69 Å².